The number of nitrogens with zero attached hydrogens (tertiary/aromatic N) is 1. The number of Topliss-reactive ketones (excluding diaryl/α,β-unsaturated/α-hetero) is 1. The lowest BCUT2D eigenvalue weighted by molar-refractivity contribution is -0.138. The van der Waals surface area contributed by atoms with E-state index in [0.717, 1.165) is 6.07 Å². The number of carbonyl (C=O) groups excluding carboxylic acids is 1. The molecule has 0 spiro atoms. The lowest BCUT2D eigenvalue weighted by atomic mass is 9.98. The van der Waals surface area contributed by atoms with Gasteiger partial charge in [0.05, 0.1) is 5.56 Å². The van der Waals surface area contributed by atoms with Crippen LogP contribution in [-0.2, 0) is 12.6 Å². The van der Waals surface area contributed by atoms with E-state index >= 15 is 0 Å². The van der Waals surface area contributed by atoms with Gasteiger partial charge in [0, 0.05) is 13.1 Å². The Kier molecular flexibility index (Phi) is 4.11. The summed E-state index contributed by atoms with van der Waals surface area (Å²) in [5.74, 6) is -0.173. The molecule has 1 heterocycles. The Hall–Kier alpha value is -2.17. The molecule has 0 bridgehead atoms. The van der Waals surface area contributed by atoms with Crippen molar-refractivity contribution in [1.29, 1.82) is 0 Å². The highest BCUT2D eigenvalue weighted by Gasteiger charge is 2.33. The van der Waals surface area contributed by atoms with Crippen LogP contribution in [0.5, 0.6) is 0 Å². The maximum atomic E-state index is 13.0. The first-order valence-electron chi connectivity index (χ1n) is 6.40. The highest BCUT2D eigenvalue weighted by Crippen LogP contribution is 2.33. The predicted octanol–water partition coefficient (Wildman–Crippen LogP) is 4.20. The van der Waals surface area contributed by atoms with Crippen LogP contribution in [0.15, 0.2) is 36.5 Å². The zero-order chi connectivity index (χ0) is 15.6. The summed E-state index contributed by atoms with van der Waals surface area (Å²) in [6.07, 6.45) is -2.81. The van der Waals surface area contributed by atoms with Crippen LogP contribution >= 0.6 is 0 Å². The molecule has 0 N–H and O–H groups in total. The Bertz CT molecular complexity index is 660. The molecule has 0 aliphatic rings. The minimum absolute atomic E-state index is 0.125. The Morgan fingerprint density at radius 2 is 1.90 bits per heavy atom. The van der Waals surface area contributed by atoms with Gasteiger partial charge in [-0.2, -0.15) is 13.2 Å². The minimum Gasteiger partial charge on any atom is -0.293 e. The van der Waals surface area contributed by atoms with Gasteiger partial charge >= 0.3 is 6.18 Å². The lowest BCUT2D eigenvalue weighted by Crippen LogP contribution is -2.10. The van der Waals surface area contributed by atoms with Crippen molar-refractivity contribution in [3.8, 4) is 0 Å². The molecule has 21 heavy (non-hydrogen) atoms. The van der Waals surface area contributed by atoms with Crippen molar-refractivity contribution in [2.45, 2.75) is 26.4 Å². The van der Waals surface area contributed by atoms with E-state index in [1.807, 2.05) is 0 Å². The fraction of sp³-hybridized carbons (Fsp3) is 0.250. The maximum absolute atomic E-state index is 13.0. The molecule has 0 amide bonds. The van der Waals surface area contributed by atoms with Crippen LogP contribution in [0.1, 0.15) is 39.7 Å². The quantitative estimate of drug-likeness (QED) is 0.794. The average molecular weight is 293 g/mol. The monoisotopic (exact) mass is 293 g/mol. The number of pyridine rings is 1. The normalized spacial score (nSPS) is 11.5. The fourth-order valence-corrected chi connectivity index (χ4v) is 2.07. The summed E-state index contributed by atoms with van der Waals surface area (Å²) in [4.78, 5) is 15.1. The van der Waals surface area contributed by atoms with Gasteiger partial charge in [0.25, 0.3) is 0 Å². The van der Waals surface area contributed by atoms with Crippen LogP contribution in [0.4, 0.5) is 13.2 Å². The van der Waals surface area contributed by atoms with Crippen LogP contribution in [0, 0.1) is 6.92 Å². The molecule has 0 radical (unpaired) electrons. The molecule has 2 rings (SSSR count). The van der Waals surface area contributed by atoms with E-state index < -0.39 is 11.7 Å². The van der Waals surface area contributed by atoms with Crippen molar-refractivity contribution >= 4 is 5.78 Å². The molecule has 0 saturated carbocycles. The minimum atomic E-state index is -4.38. The Morgan fingerprint density at radius 1 is 1.19 bits per heavy atom. The SMILES string of the molecule is CC(=O)c1ccc(Cc2ccc(C)cc2C(F)(F)F)cn1. The molecular weight excluding hydrogens is 279 g/mol. The number of hydrogen-bond donors (Lipinski definition) is 0. The van der Waals surface area contributed by atoms with Gasteiger partial charge in [0.1, 0.15) is 5.69 Å². The number of ketones is 1. The van der Waals surface area contributed by atoms with Gasteiger partial charge in [-0.15, -0.1) is 0 Å². The number of alkyl halides is 3. The van der Waals surface area contributed by atoms with Crippen LogP contribution < -0.4 is 0 Å². The smallest absolute Gasteiger partial charge is 0.293 e. The van der Waals surface area contributed by atoms with Gasteiger partial charge in [0.2, 0.25) is 0 Å². The van der Waals surface area contributed by atoms with Crippen molar-refractivity contribution < 1.29 is 18.0 Å². The van der Waals surface area contributed by atoms with Gasteiger partial charge in [-0.1, -0.05) is 23.8 Å². The highest BCUT2D eigenvalue weighted by molar-refractivity contribution is 5.91. The van der Waals surface area contributed by atoms with E-state index in [1.54, 1.807) is 19.1 Å². The first kappa shape index (κ1) is 15.2. The third kappa shape index (κ3) is 3.68. The van der Waals surface area contributed by atoms with E-state index in [0.29, 0.717) is 16.8 Å². The van der Waals surface area contributed by atoms with Crippen LogP contribution in [0.2, 0.25) is 0 Å². The molecule has 0 atom stereocenters. The average Bonchev–Trinajstić information content (AvgIpc) is 2.40. The molecule has 0 aliphatic heterocycles. The maximum Gasteiger partial charge on any atom is 0.416 e. The molecule has 0 aliphatic carbocycles. The van der Waals surface area contributed by atoms with Crippen molar-refractivity contribution in [2.75, 3.05) is 0 Å². The summed E-state index contributed by atoms with van der Waals surface area (Å²) in [5, 5.41) is 0. The summed E-state index contributed by atoms with van der Waals surface area (Å²) in [5.41, 5.74) is 1.08. The third-order valence-electron chi connectivity index (χ3n) is 3.15. The second-order valence-electron chi connectivity index (χ2n) is 4.94. The summed E-state index contributed by atoms with van der Waals surface area (Å²) < 4.78 is 39.1. The van der Waals surface area contributed by atoms with Crippen LogP contribution in [0.25, 0.3) is 0 Å². The molecule has 110 valence electrons. The second kappa shape index (κ2) is 5.68. The van der Waals surface area contributed by atoms with Crippen molar-refractivity contribution in [3.05, 3.63) is 64.5 Å². The first-order chi connectivity index (χ1) is 9.77. The molecule has 0 fully saturated rings. The zero-order valence-corrected chi connectivity index (χ0v) is 11.7. The van der Waals surface area contributed by atoms with Gasteiger partial charge < -0.3 is 0 Å². The topological polar surface area (TPSA) is 30.0 Å². The Morgan fingerprint density at radius 3 is 2.43 bits per heavy atom. The molecule has 1 aromatic carbocycles. The standard InChI is InChI=1S/C16H14F3NO/c1-10-3-5-13(14(7-10)16(17,18)19)8-12-4-6-15(11(2)21)20-9-12/h3-7,9H,8H2,1-2H3. The summed E-state index contributed by atoms with van der Waals surface area (Å²) in [6, 6.07) is 7.44. The second-order valence-corrected chi connectivity index (χ2v) is 4.94. The van der Waals surface area contributed by atoms with Gasteiger partial charge in [-0.05, 0) is 36.6 Å². The summed E-state index contributed by atoms with van der Waals surface area (Å²) >= 11 is 0. The fourth-order valence-electron chi connectivity index (χ4n) is 2.07. The number of carbonyl (C=O) groups is 1. The van der Waals surface area contributed by atoms with Gasteiger partial charge in [-0.25, -0.2) is 0 Å². The van der Waals surface area contributed by atoms with Gasteiger partial charge in [0.15, 0.2) is 5.78 Å². The van der Waals surface area contributed by atoms with E-state index in [1.165, 1.54) is 25.3 Å². The molecule has 1 aromatic heterocycles. The molecule has 2 aromatic rings. The largest absolute Gasteiger partial charge is 0.416 e. The summed E-state index contributed by atoms with van der Waals surface area (Å²) in [6.45, 7) is 3.02. The Labute approximate surface area is 120 Å². The van der Waals surface area contributed by atoms with Crippen molar-refractivity contribution in [2.24, 2.45) is 0 Å². The number of hydrogen-bond acceptors (Lipinski definition) is 2. The number of rotatable bonds is 3. The first-order valence-corrected chi connectivity index (χ1v) is 6.40. The van der Waals surface area contributed by atoms with Gasteiger partial charge in [-0.3, -0.25) is 9.78 Å². The van der Waals surface area contributed by atoms with E-state index in [4.69, 9.17) is 0 Å². The Balaban J connectivity index is 2.33. The number of aryl methyl sites for hydroxylation is 1. The van der Waals surface area contributed by atoms with Crippen LogP contribution in [-0.4, -0.2) is 10.8 Å². The van der Waals surface area contributed by atoms with E-state index in [2.05, 4.69) is 4.98 Å². The molecule has 0 saturated heterocycles. The lowest BCUT2D eigenvalue weighted by Gasteiger charge is -2.13. The molecule has 0 unspecified atom stereocenters. The predicted molar refractivity (Wildman–Crippen MR) is 73.2 cm³/mol. The number of aromatic nitrogens is 1. The summed E-state index contributed by atoms with van der Waals surface area (Å²) in [7, 11) is 0. The number of benzene rings is 1. The number of halogens is 3. The van der Waals surface area contributed by atoms with Crippen molar-refractivity contribution in [3.63, 3.8) is 0 Å². The zero-order valence-electron chi connectivity index (χ0n) is 11.7. The highest BCUT2D eigenvalue weighted by atomic mass is 19.4. The van der Waals surface area contributed by atoms with Crippen LogP contribution in [0.3, 0.4) is 0 Å². The molecule has 2 nitrogen and oxygen atoms in total. The molecular formula is C16H14F3NO. The van der Waals surface area contributed by atoms with E-state index in [-0.39, 0.29) is 17.8 Å². The molecule has 5 heteroatoms. The third-order valence-corrected chi connectivity index (χ3v) is 3.15. The van der Waals surface area contributed by atoms with E-state index in [9.17, 15) is 18.0 Å². The van der Waals surface area contributed by atoms with Crippen molar-refractivity contribution in [1.82, 2.24) is 4.98 Å².